The molecule has 1 N–H and O–H groups in total. The summed E-state index contributed by atoms with van der Waals surface area (Å²) in [6.45, 7) is 12.1. The molecule has 0 unspecified atom stereocenters. The van der Waals surface area contributed by atoms with E-state index in [0.717, 1.165) is 26.1 Å². The van der Waals surface area contributed by atoms with Crippen LogP contribution >= 0.6 is 0 Å². The van der Waals surface area contributed by atoms with Crippen molar-refractivity contribution in [3.8, 4) is 11.8 Å². The minimum atomic E-state index is 0.352. The van der Waals surface area contributed by atoms with Gasteiger partial charge in [-0.25, -0.2) is 0 Å². The fraction of sp³-hybridized carbons (Fsp3) is 0.391. The first-order chi connectivity index (χ1) is 11.7. The van der Waals surface area contributed by atoms with Crippen molar-refractivity contribution in [1.82, 2.24) is 0 Å². The highest BCUT2D eigenvalue weighted by Crippen LogP contribution is 2.30. The predicted molar refractivity (Wildman–Crippen MR) is 104 cm³/mol. The van der Waals surface area contributed by atoms with Gasteiger partial charge in [0.25, 0.3) is 0 Å². The molecule has 2 rings (SSSR count). The Morgan fingerprint density at radius 2 is 1.62 bits per heavy atom. The van der Waals surface area contributed by atoms with E-state index < -0.39 is 0 Å². The van der Waals surface area contributed by atoms with E-state index in [4.69, 9.17) is 0 Å². The third kappa shape index (κ3) is 4.98. The van der Waals surface area contributed by atoms with Gasteiger partial charge in [-0.15, -0.1) is 0 Å². The van der Waals surface area contributed by atoms with Crippen LogP contribution < -0.4 is 4.90 Å². The molecule has 2 aromatic rings. The molecule has 0 heterocycles. The Labute approximate surface area is 147 Å². The third-order valence-electron chi connectivity index (χ3n) is 4.78. The van der Waals surface area contributed by atoms with Gasteiger partial charge >= 0.3 is 0 Å². The van der Waals surface area contributed by atoms with E-state index in [1.54, 1.807) is 4.90 Å². The summed E-state index contributed by atoms with van der Waals surface area (Å²) in [7, 11) is 0. The van der Waals surface area contributed by atoms with E-state index in [-0.39, 0.29) is 0 Å². The molecule has 0 aliphatic carbocycles. The van der Waals surface area contributed by atoms with Crippen molar-refractivity contribution in [2.75, 3.05) is 19.6 Å². The molecule has 0 aliphatic heterocycles. The van der Waals surface area contributed by atoms with Gasteiger partial charge in [0.2, 0.25) is 0 Å². The Morgan fingerprint density at radius 3 is 2.29 bits per heavy atom. The van der Waals surface area contributed by atoms with Crippen LogP contribution in [0.5, 0.6) is 0 Å². The predicted octanol–water partition coefficient (Wildman–Crippen LogP) is 3.75. The lowest BCUT2D eigenvalue weighted by Gasteiger charge is -2.18. The van der Waals surface area contributed by atoms with Gasteiger partial charge in [0.05, 0.1) is 13.1 Å². The minimum Gasteiger partial charge on any atom is -0.325 e. The van der Waals surface area contributed by atoms with Gasteiger partial charge in [-0.1, -0.05) is 60.0 Å². The third-order valence-corrected chi connectivity index (χ3v) is 4.78. The Kier molecular flexibility index (Phi) is 7.09. The second-order valence-corrected chi connectivity index (χ2v) is 6.51. The van der Waals surface area contributed by atoms with Crippen molar-refractivity contribution >= 4 is 0 Å². The maximum atomic E-state index is 3.46. The summed E-state index contributed by atoms with van der Waals surface area (Å²) in [6, 6.07) is 17.5. The maximum absolute atomic E-state index is 3.46. The monoisotopic (exact) mass is 320 g/mol. The van der Waals surface area contributed by atoms with E-state index in [0.29, 0.717) is 5.92 Å². The number of rotatable bonds is 6. The average molecular weight is 321 g/mol. The molecule has 1 nitrogen and oxygen atoms in total. The van der Waals surface area contributed by atoms with Crippen molar-refractivity contribution in [2.24, 2.45) is 0 Å². The first-order valence-electron chi connectivity index (χ1n) is 9.07. The van der Waals surface area contributed by atoms with Crippen LogP contribution in [0, 0.1) is 25.7 Å². The summed E-state index contributed by atoms with van der Waals surface area (Å²) < 4.78 is 0. The molecule has 1 atom stereocenters. The Morgan fingerprint density at radius 1 is 0.917 bits per heavy atom. The van der Waals surface area contributed by atoms with Crippen LogP contribution in [0.15, 0.2) is 48.5 Å². The van der Waals surface area contributed by atoms with Gasteiger partial charge in [0.1, 0.15) is 6.54 Å². The Hall–Kier alpha value is -2.04. The Bertz CT molecular complexity index is 687. The van der Waals surface area contributed by atoms with Gasteiger partial charge < -0.3 is 4.90 Å². The molecule has 1 heteroatoms. The fourth-order valence-electron chi connectivity index (χ4n) is 3.09. The van der Waals surface area contributed by atoms with Crippen molar-refractivity contribution in [3.63, 3.8) is 0 Å². The van der Waals surface area contributed by atoms with E-state index in [1.807, 2.05) is 0 Å². The Balaban J connectivity index is 2.25. The molecule has 0 saturated heterocycles. The van der Waals surface area contributed by atoms with E-state index >= 15 is 0 Å². The largest absolute Gasteiger partial charge is 0.325 e. The quantitative estimate of drug-likeness (QED) is 0.773. The smallest absolute Gasteiger partial charge is 0.139 e. The molecule has 126 valence electrons. The second kappa shape index (κ2) is 9.30. The molecule has 0 fully saturated rings. The highest BCUT2D eigenvalue weighted by Gasteiger charge is 2.15. The van der Waals surface area contributed by atoms with Crippen LogP contribution in [-0.4, -0.2) is 19.6 Å². The summed E-state index contributed by atoms with van der Waals surface area (Å²) in [5.41, 5.74) is 5.43. The summed E-state index contributed by atoms with van der Waals surface area (Å²) in [5.74, 6) is 7.21. The summed E-state index contributed by atoms with van der Waals surface area (Å²) in [5, 5.41) is 0. The van der Waals surface area contributed by atoms with Crippen LogP contribution in [0.3, 0.4) is 0 Å². The molecule has 0 amide bonds. The van der Waals surface area contributed by atoms with Crippen LogP contribution in [0.2, 0.25) is 0 Å². The number of quaternary nitrogens is 1. The number of hydrogen-bond acceptors (Lipinski definition) is 0. The van der Waals surface area contributed by atoms with Crippen LogP contribution in [0.25, 0.3) is 0 Å². The molecular weight excluding hydrogens is 290 g/mol. The maximum Gasteiger partial charge on any atom is 0.139 e. The van der Waals surface area contributed by atoms with E-state index in [9.17, 15) is 0 Å². The molecule has 2 aromatic carbocycles. The zero-order valence-electron chi connectivity index (χ0n) is 15.5. The summed E-state index contributed by atoms with van der Waals surface area (Å²) in [6.07, 6.45) is 0.884. The van der Waals surface area contributed by atoms with Crippen LogP contribution in [0.1, 0.15) is 48.4 Å². The number of benzene rings is 2. The topological polar surface area (TPSA) is 4.44 Å². The standard InChI is InChI=1S/C23H29N/c1-5-24(6-2)17-11-10-14-22(21-12-8-7-9-13-21)23-18-19(3)15-16-20(23)4/h7-9,12-13,15-16,18,22H,5-6,14,17H2,1-4H3/p+1/t22-/m0/s1. The second-order valence-electron chi connectivity index (χ2n) is 6.51. The van der Waals surface area contributed by atoms with Gasteiger partial charge in [-0.05, 0) is 50.3 Å². The lowest BCUT2D eigenvalue weighted by atomic mass is 9.85. The summed E-state index contributed by atoms with van der Waals surface area (Å²) >= 11 is 0. The average Bonchev–Trinajstić information content (AvgIpc) is 2.61. The molecule has 0 bridgehead atoms. The zero-order chi connectivity index (χ0) is 17.4. The normalized spacial score (nSPS) is 11.9. The fourth-order valence-corrected chi connectivity index (χ4v) is 3.09. The lowest BCUT2D eigenvalue weighted by Crippen LogP contribution is -3.11. The first kappa shape index (κ1) is 18.3. The highest BCUT2D eigenvalue weighted by atomic mass is 15.1. The number of hydrogen-bond donors (Lipinski definition) is 1. The van der Waals surface area contributed by atoms with Gasteiger partial charge in [0, 0.05) is 12.3 Å². The first-order valence-corrected chi connectivity index (χ1v) is 9.07. The van der Waals surface area contributed by atoms with Gasteiger partial charge in [0.15, 0.2) is 0 Å². The van der Waals surface area contributed by atoms with Crippen molar-refractivity contribution in [2.45, 2.75) is 40.0 Å². The van der Waals surface area contributed by atoms with Gasteiger partial charge in [-0.3, -0.25) is 0 Å². The zero-order valence-corrected chi connectivity index (χ0v) is 15.5. The molecule has 0 aromatic heterocycles. The molecule has 0 radical (unpaired) electrons. The van der Waals surface area contributed by atoms with Crippen molar-refractivity contribution in [3.05, 3.63) is 70.8 Å². The molecule has 0 aliphatic rings. The lowest BCUT2D eigenvalue weighted by molar-refractivity contribution is -0.889. The van der Waals surface area contributed by atoms with Crippen LogP contribution in [0.4, 0.5) is 0 Å². The van der Waals surface area contributed by atoms with Crippen LogP contribution in [-0.2, 0) is 0 Å². The van der Waals surface area contributed by atoms with Crippen molar-refractivity contribution < 1.29 is 4.90 Å². The SMILES string of the molecule is CC[NH+](CC)CC#CC[C@@H](c1ccccc1)c1cc(C)ccc1C. The van der Waals surface area contributed by atoms with E-state index in [2.05, 4.69) is 88.1 Å². The molecule has 0 saturated carbocycles. The summed E-state index contributed by atoms with van der Waals surface area (Å²) in [4.78, 5) is 1.55. The molecule has 0 spiro atoms. The highest BCUT2D eigenvalue weighted by molar-refractivity contribution is 5.40. The van der Waals surface area contributed by atoms with Crippen molar-refractivity contribution in [1.29, 1.82) is 0 Å². The van der Waals surface area contributed by atoms with Gasteiger partial charge in [-0.2, -0.15) is 0 Å². The number of aryl methyl sites for hydroxylation is 2. The number of nitrogens with one attached hydrogen (secondary N) is 1. The molecule has 24 heavy (non-hydrogen) atoms. The molecular formula is C23H30N+. The minimum absolute atomic E-state index is 0.352. The van der Waals surface area contributed by atoms with E-state index in [1.165, 1.54) is 22.3 Å².